The van der Waals surface area contributed by atoms with Gasteiger partial charge in [-0.3, -0.25) is 9.59 Å². The molecule has 3 fully saturated rings. The van der Waals surface area contributed by atoms with Crippen molar-refractivity contribution in [1.29, 1.82) is 0 Å². The highest BCUT2D eigenvalue weighted by atomic mass is 16.2. The molecule has 27 heavy (non-hydrogen) atoms. The summed E-state index contributed by atoms with van der Waals surface area (Å²) in [6.45, 7) is 4.70. The van der Waals surface area contributed by atoms with Crippen molar-refractivity contribution in [3.05, 3.63) is 24.3 Å². The second kappa shape index (κ2) is 7.89. The minimum atomic E-state index is -0.226. The molecule has 2 saturated heterocycles. The highest BCUT2D eigenvalue weighted by Crippen LogP contribution is 2.28. The van der Waals surface area contributed by atoms with E-state index in [1.165, 1.54) is 18.5 Å². The van der Waals surface area contributed by atoms with Gasteiger partial charge in [-0.1, -0.05) is 12.8 Å². The third kappa shape index (κ3) is 4.10. The largest absolute Gasteiger partial charge is 0.369 e. The normalized spacial score (nSPS) is 24.6. The topological polar surface area (TPSA) is 55.9 Å². The molecular formula is C21H30N4O2. The Morgan fingerprint density at radius 1 is 1.00 bits per heavy atom. The lowest BCUT2D eigenvalue weighted by molar-refractivity contribution is -0.126. The van der Waals surface area contributed by atoms with Crippen LogP contribution in [0.3, 0.4) is 0 Å². The van der Waals surface area contributed by atoms with Crippen LogP contribution in [-0.4, -0.2) is 62.5 Å². The summed E-state index contributed by atoms with van der Waals surface area (Å²) in [4.78, 5) is 31.5. The zero-order chi connectivity index (χ0) is 18.8. The van der Waals surface area contributed by atoms with Gasteiger partial charge in [0.15, 0.2) is 0 Å². The maximum atomic E-state index is 12.5. The van der Waals surface area contributed by atoms with Crippen molar-refractivity contribution in [3.8, 4) is 0 Å². The fourth-order valence-electron chi connectivity index (χ4n) is 4.43. The zero-order valence-corrected chi connectivity index (χ0v) is 16.2. The molecule has 1 aliphatic carbocycles. The number of nitrogens with one attached hydrogen (secondary N) is 1. The molecule has 4 rings (SSSR count). The van der Waals surface area contributed by atoms with Crippen molar-refractivity contribution in [2.24, 2.45) is 5.92 Å². The molecule has 2 amide bonds. The molecule has 146 valence electrons. The molecule has 1 atom stereocenters. The molecule has 6 heteroatoms. The molecular weight excluding hydrogens is 340 g/mol. The molecule has 0 radical (unpaired) electrons. The third-order valence-corrected chi connectivity index (χ3v) is 6.23. The Morgan fingerprint density at radius 3 is 2.30 bits per heavy atom. The number of hydrogen-bond acceptors (Lipinski definition) is 4. The van der Waals surface area contributed by atoms with Crippen LogP contribution in [0.25, 0.3) is 0 Å². The molecule has 1 saturated carbocycles. The smallest absolute Gasteiger partial charge is 0.227 e. The minimum absolute atomic E-state index is 0.0480. The van der Waals surface area contributed by atoms with E-state index in [2.05, 4.69) is 34.3 Å². The standard InChI is InChI=1S/C21H30N4O2/c1-23-10-12-24(13-11-23)18-6-8-19(9-7-18)25-15-16(14-20(25)26)21(27)22-17-4-2-3-5-17/h6-9,16-17H,2-5,10-15H2,1H3,(H,22,27). The van der Waals surface area contributed by atoms with Gasteiger partial charge in [-0.25, -0.2) is 0 Å². The molecule has 1 aromatic carbocycles. The first kappa shape index (κ1) is 18.3. The second-order valence-electron chi connectivity index (χ2n) is 8.20. The molecule has 3 aliphatic rings. The molecule has 0 spiro atoms. The van der Waals surface area contributed by atoms with Crippen LogP contribution in [0.2, 0.25) is 0 Å². The van der Waals surface area contributed by atoms with Crippen LogP contribution in [0.1, 0.15) is 32.1 Å². The number of anilines is 2. The third-order valence-electron chi connectivity index (χ3n) is 6.23. The van der Waals surface area contributed by atoms with Gasteiger partial charge >= 0.3 is 0 Å². The van der Waals surface area contributed by atoms with Gasteiger partial charge < -0.3 is 20.0 Å². The number of benzene rings is 1. The van der Waals surface area contributed by atoms with Crippen molar-refractivity contribution in [2.45, 2.75) is 38.1 Å². The number of hydrogen-bond donors (Lipinski definition) is 1. The SMILES string of the molecule is CN1CCN(c2ccc(N3CC(C(=O)NC4CCCC4)CC3=O)cc2)CC1. The number of piperazine rings is 1. The van der Waals surface area contributed by atoms with Crippen molar-refractivity contribution >= 4 is 23.2 Å². The molecule has 1 unspecified atom stereocenters. The van der Waals surface area contributed by atoms with Crippen molar-refractivity contribution < 1.29 is 9.59 Å². The molecule has 2 heterocycles. The number of carbonyl (C=O) groups is 2. The lowest BCUT2D eigenvalue weighted by Gasteiger charge is -2.34. The van der Waals surface area contributed by atoms with Crippen LogP contribution >= 0.6 is 0 Å². The van der Waals surface area contributed by atoms with Crippen molar-refractivity contribution in [3.63, 3.8) is 0 Å². The average Bonchev–Trinajstić information content (AvgIpc) is 3.32. The summed E-state index contributed by atoms with van der Waals surface area (Å²) in [5.41, 5.74) is 2.10. The maximum Gasteiger partial charge on any atom is 0.227 e. The number of amides is 2. The Bertz CT molecular complexity index is 676. The summed E-state index contributed by atoms with van der Waals surface area (Å²) in [6.07, 6.45) is 4.85. The molecule has 6 nitrogen and oxygen atoms in total. The van der Waals surface area contributed by atoms with Crippen LogP contribution in [-0.2, 0) is 9.59 Å². The van der Waals surface area contributed by atoms with Crippen LogP contribution in [0, 0.1) is 5.92 Å². The van der Waals surface area contributed by atoms with Crippen molar-refractivity contribution in [1.82, 2.24) is 10.2 Å². The van der Waals surface area contributed by atoms with E-state index in [0.717, 1.165) is 44.7 Å². The quantitative estimate of drug-likeness (QED) is 0.879. The highest BCUT2D eigenvalue weighted by Gasteiger charge is 2.36. The fraction of sp³-hybridized carbons (Fsp3) is 0.619. The van der Waals surface area contributed by atoms with Crippen LogP contribution in [0.4, 0.5) is 11.4 Å². The molecule has 2 aliphatic heterocycles. The Labute approximate surface area is 161 Å². The molecule has 1 N–H and O–H groups in total. The fourth-order valence-corrected chi connectivity index (χ4v) is 4.43. The number of rotatable bonds is 4. The van der Waals surface area contributed by atoms with E-state index in [1.54, 1.807) is 4.90 Å². The van der Waals surface area contributed by atoms with E-state index in [-0.39, 0.29) is 17.7 Å². The average molecular weight is 370 g/mol. The van der Waals surface area contributed by atoms with E-state index >= 15 is 0 Å². The van der Waals surface area contributed by atoms with E-state index < -0.39 is 0 Å². The summed E-state index contributed by atoms with van der Waals surface area (Å²) >= 11 is 0. The maximum absolute atomic E-state index is 12.5. The first-order chi connectivity index (χ1) is 13.1. The summed E-state index contributed by atoms with van der Waals surface area (Å²) in [5.74, 6) is -0.129. The Kier molecular flexibility index (Phi) is 5.34. The minimum Gasteiger partial charge on any atom is -0.369 e. The van der Waals surface area contributed by atoms with Crippen molar-refractivity contribution in [2.75, 3.05) is 49.6 Å². The van der Waals surface area contributed by atoms with Gasteiger partial charge in [-0.05, 0) is 44.2 Å². The van der Waals surface area contributed by atoms with Gasteiger partial charge in [0.1, 0.15) is 0 Å². The number of nitrogens with zero attached hydrogens (tertiary/aromatic N) is 3. The lowest BCUT2D eigenvalue weighted by atomic mass is 10.1. The van der Waals surface area contributed by atoms with E-state index in [4.69, 9.17) is 0 Å². The lowest BCUT2D eigenvalue weighted by Crippen LogP contribution is -2.44. The van der Waals surface area contributed by atoms with Crippen LogP contribution in [0.5, 0.6) is 0 Å². The van der Waals surface area contributed by atoms with E-state index in [0.29, 0.717) is 19.0 Å². The molecule has 0 aromatic heterocycles. The predicted molar refractivity (Wildman–Crippen MR) is 107 cm³/mol. The van der Waals surface area contributed by atoms with Gasteiger partial charge in [0.25, 0.3) is 0 Å². The summed E-state index contributed by atoms with van der Waals surface area (Å²) in [5, 5.41) is 3.14. The highest BCUT2D eigenvalue weighted by molar-refractivity contribution is 6.00. The molecule has 0 bridgehead atoms. The monoisotopic (exact) mass is 370 g/mol. The molecule has 1 aromatic rings. The zero-order valence-electron chi connectivity index (χ0n) is 16.2. The van der Waals surface area contributed by atoms with Gasteiger partial charge in [-0.2, -0.15) is 0 Å². The first-order valence-electron chi connectivity index (χ1n) is 10.2. The summed E-state index contributed by atoms with van der Waals surface area (Å²) in [7, 11) is 2.15. The van der Waals surface area contributed by atoms with Gasteiger partial charge in [0.2, 0.25) is 11.8 Å². The second-order valence-corrected chi connectivity index (χ2v) is 8.20. The van der Waals surface area contributed by atoms with E-state index in [9.17, 15) is 9.59 Å². The number of carbonyl (C=O) groups excluding carboxylic acids is 2. The van der Waals surface area contributed by atoms with Gasteiger partial charge in [-0.15, -0.1) is 0 Å². The Balaban J connectivity index is 1.36. The first-order valence-corrected chi connectivity index (χ1v) is 10.2. The van der Waals surface area contributed by atoms with Gasteiger partial charge in [0.05, 0.1) is 5.92 Å². The van der Waals surface area contributed by atoms with Crippen LogP contribution in [0.15, 0.2) is 24.3 Å². The van der Waals surface area contributed by atoms with E-state index in [1.807, 2.05) is 12.1 Å². The number of likely N-dealkylation sites (N-methyl/N-ethyl adjacent to an activating group) is 1. The van der Waals surface area contributed by atoms with Gasteiger partial charge in [0, 0.05) is 56.6 Å². The Morgan fingerprint density at radius 2 is 1.63 bits per heavy atom. The van der Waals surface area contributed by atoms with Crippen LogP contribution < -0.4 is 15.1 Å². The summed E-state index contributed by atoms with van der Waals surface area (Å²) < 4.78 is 0. The predicted octanol–water partition coefficient (Wildman–Crippen LogP) is 1.85. The Hall–Kier alpha value is -2.08. The summed E-state index contributed by atoms with van der Waals surface area (Å²) in [6, 6.07) is 8.54.